The van der Waals surface area contributed by atoms with Gasteiger partial charge in [-0.25, -0.2) is 4.39 Å². The van der Waals surface area contributed by atoms with E-state index in [4.69, 9.17) is 5.26 Å². The van der Waals surface area contributed by atoms with Gasteiger partial charge in [0.05, 0.1) is 12.5 Å². The van der Waals surface area contributed by atoms with Gasteiger partial charge in [-0.1, -0.05) is 0 Å². The third kappa shape index (κ3) is 3.41. The van der Waals surface area contributed by atoms with E-state index < -0.39 is 0 Å². The zero-order chi connectivity index (χ0) is 7.98. The molecule has 0 aromatic rings. The predicted octanol–water partition coefficient (Wildman–Crippen LogP) is 1.19. The van der Waals surface area contributed by atoms with Crippen molar-refractivity contribution < 1.29 is 4.39 Å². The highest BCUT2D eigenvalue weighted by Gasteiger charge is 2.06. The van der Waals surface area contributed by atoms with E-state index in [0.717, 1.165) is 0 Å². The first-order valence-corrected chi connectivity index (χ1v) is 3.35. The van der Waals surface area contributed by atoms with Gasteiger partial charge in [0, 0.05) is 12.6 Å². The van der Waals surface area contributed by atoms with Gasteiger partial charge in [-0.05, 0) is 14.0 Å². The van der Waals surface area contributed by atoms with Crippen LogP contribution in [0.15, 0.2) is 0 Å². The predicted molar refractivity (Wildman–Crippen MR) is 38.3 cm³/mol. The van der Waals surface area contributed by atoms with Crippen molar-refractivity contribution in [3.05, 3.63) is 0 Å². The van der Waals surface area contributed by atoms with Crippen LogP contribution < -0.4 is 0 Å². The maximum atomic E-state index is 11.7. The number of rotatable bonds is 4. The Hall–Kier alpha value is -0.620. The molecule has 0 amide bonds. The first-order chi connectivity index (χ1) is 4.72. The summed E-state index contributed by atoms with van der Waals surface area (Å²) in [5, 5.41) is 8.28. The van der Waals surface area contributed by atoms with E-state index in [1.807, 2.05) is 24.9 Å². The highest BCUT2D eigenvalue weighted by molar-refractivity contribution is 4.77. The van der Waals surface area contributed by atoms with E-state index in [2.05, 4.69) is 0 Å². The summed E-state index contributed by atoms with van der Waals surface area (Å²) in [7, 11) is 1.82. The number of alkyl halides is 1. The molecular formula is C7H13FN2. The van der Waals surface area contributed by atoms with Crippen LogP contribution in [0.4, 0.5) is 4.39 Å². The lowest BCUT2D eigenvalue weighted by molar-refractivity contribution is 0.237. The molecule has 0 fully saturated rings. The molecular weight excluding hydrogens is 131 g/mol. The molecule has 58 valence electrons. The lowest BCUT2D eigenvalue weighted by Gasteiger charge is -2.20. The van der Waals surface area contributed by atoms with Crippen LogP contribution in [0.2, 0.25) is 0 Å². The standard InChI is InChI=1S/C7H13FN2/c1-7(3-5-9)10(2)6-4-8/h7H,3-4,6H2,1-2H3. The second-order valence-corrected chi connectivity index (χ2v) is 2.38. The molecule has 0 spiro atoms. The van der Waals surface area contributed by atoms with Crippen LogP contribution in [0.5, 0.6) is 0 Å². The second-order valence-electron chi connectivity index (χ2n) is 2.38. The van der Waals surface area contributed by atoms with Crippen molar-refractivity contribution in [3.63, 3.8) is 0 Å². The zero-order valence-electron chi connectivity index (χ0n) is 6.47. The average Bonchev–Trinajstić information content (AvgIpc) is 1.89. The molecule has 1 atom stereocenters. The molecule has 3 heteroatoms. The maximum absolute atomic E-state index is 11.7. The minimum absolute atomic E-state index is 0.167. The van der Waals surface area contributed by atoms with Crippen molar-refractivity contribution in [2.75, 3.05) is 20.3 Å². The molecule has 0 radical (unpaired) electrons. The summed E-state index contributed by atoms with van der Waals surface area (Å²) in [6, 6.07) is 2.21. The average molecular weight is 144 g/mol. The number of nitriles is 1. The third-order valence-corrected chi connectivity index (χ3v) is 1.58. The minimum atomic E-state index is -0.341. The van der Waals surface area contributed by atoms with Crippen LogP contribution in [-0.4, -0.2) is 31.2 Å². The Balaban J connectivity index is 3.50. The molecule has 0 heterocycles. The fraction of sp³-hybridized carbons (Fsp3) is 0.857. The van der Waals surface area contributed by atoms with Gasteiger partial charge in [0.15, 0.2) is 0 Å². The Morgan fingerprint density at radius 3 is 2.70 bits per heavy atom. The zero-order valence-corrected chi connectivity index (χ0v) is 6.47. The van der Waals surface area contributed by atoms with E-state index in [-0.39, 0.29) is 12.7 Å². The number of hydrogen-bond acceptors (Lipinski definition) is 2. The lowest BCUT2D eigenvalue weighted by atomic mass is 10.2. The van der Waals surface area contributed by atoms with Crippen molar-refractivity contribution in [1.82, 2.24) is 4.90 Å². The van der Waals surface area contributed by atoms with Crippen molar-refractivity contribution in [1.29, 1.82) is 5.26 Å². The van der Waals surface area contributed by atoms with E-state index in [9.17, 15) is 4.39 Å². The molecule has 0 aliphatic carbocycles. The monoisotopic (exact) mass is 144 g/mol. The number of hydrogen-bond donors (Lipinski definition) is 0. The van der Waals surface area contributed by atoms with Gasteiger partial charge in [-0.2, -0.15) is 5.26 Å². The van der Waals surface area contributed by atoms with Crippen LogP contribution in [0.3, 0.4) is 0 Å². The Labute approximate surface area is 61.2 Å². The highest BCUT2D eigenvalue weighted by Crippen LogP contribution is 1.98. The Bertz CT molecular complexity index is 119. The molecule has 1 unspecified atom stereocenters. The van der Waals surface area contributed by atoms with Gasteiger partial charge in [0.2, 0.25) is 0 Å². The lowest BCUT2D eigenvalue weighted by Crippen LogP contribution is -2.30. The molecule has 0 N–H and O–H groups in total. The van der Waals surface area contributed by atoms with Gasteiger partial charge in [0.25, 0.3) is 0 Å². The summed E-state index contributed by atoms with van der Waals surface area (Å²) >= 11 is 0. The Morgan fingerprint density at radius 1 is 1.70 bits per heavy atom. The summed E-state index contributed by atoms with van der Waals surface area (Å²) in [4.78, 5) is 1.84. The van der Waals surface area contributed by atoms with Crippen LogP contribution in [0.25, 0.3) is 0 Å². The minimum Gasteiger partial charge on any atom is -0.300 e. The normalized spacial score (nSPS) is 13.1. The fourth-order valence-electron chi connectivity index (χ4n) is 0.642. The second kappa shape index (κ2) is 5.19. The first-order valence-electron chi connectivity index (χ1n) is 3.35. The van der Waals surface area contributed by atoms with Crippen molar-refractivity contribution >= 4 is 0 Å². The first kappa shape index (κ1) is 9.38. The van der Waals surface area contributed by atoms with Crippen LogP contribution in [-0.2, 0) is 0 Å². The van der Waals surface area contributed by atoms with E-state index in [1.54, 1.807) is 0 Å². The van der Waals surface area contributed by atoms with Crippen LogP contribution in [0.1, 0.15) is 13.3 Å². The number of nitrogens with zero attached hydrogens (tertiary/aromatic N) is 2. The van der Waals surface area contributed by atoms with Crippen LogP contribution in [0, 0.1) is 11.3 Å². The maximum Gasteiger partial charge on any atom is 0.102 e. The third-order valence-electron chi connectivity index (χ3n) is 1.58. The van der Waals surface area contributed by atoms with Gasteiger partial charge in [0.1, 0.15) is 6.67 Å². The topological polar surface area (TPSA) is 27.0 Å². The molecule has 0 bridgehead atoms. The fourth-order valence-corrected chi connectivity index (χ4v) is 0.642. The summed E-state index contributed by atoms with van der Waals surface area (Å²) in [5.41, 5.74) is 0. The quantitative estimate of drug-likeness (QED) is 0.592. The summed E-state index contributed by atoms with van der Waals surface area (Å²) in [6.07, 6.45) is 0.469. The van der Waals surface area contributed by atoms with Gasteiger partial charge < -0.3 is 4.90 Å². The smallest absolute Gasteiger partial charge is 0.102 e. The highest BCUT2D eigenvalue weighted by atomic mass is 19.1. The van der Waals surface area contributed by atoms with Crippen molar-refractivity contribution in [3.8, 4) is 6.07 Å². The molecule has 0 aromatic carbocycles. The van der Waals surface area contributed by atoms with E-state index in [1.165, 1.54) is 0 Å². The van der Waals surface area contributed by atoms with Gasteiger partial charge in [-0.3, -0.25) is 0 Å². The summed E-state index contributed by atoms with van der Waals surface area (Å²) in [5.74, 6) is 0. The van der Waals surface area contributed by atoms with Crippen molar-refractivity contribution in [2.24, 2.45) is 0 Å². The SMILES string of the molecule is CC(CC#N)N(C)CCF. The van der Waals surface area contributed by atoms with Crippen molar-refractivity contribution in [2.45, 2.75) is 19.4 Å². The van der Waals surface area contributed by atoms with E-state index in [0.29, 0.717) is 13.0 Å². The molecule has 0 aliphatic rings. The van der Waals surface area contributed by atoms with Crippen LogP contribution >= 0.6 is 0 Å². The molecule has 0 aliphatic heterocycles. The molecule has 0 aromatic heterocycles. The molecule has 0 saturated heterocycles. The summed E-state index contributed by atoms with van der Waals surface area (Å²) in [6.45, 7) is 1.99. The Morgan fingerprint density at radius 2 is 2.30 bits per heavy atom. The molecule has 10 heavy (non-hydrogen) atoms. The molecule has 2 nitrogen and oxygen atoms in total. The largest absolute Gasteiger partial charge is 0.300 e. The molecule has 0 saturated carbocycles. The van der Waals surface area contributed by atoms with Gasteiger partial charge >= 0.3 is 0 Å². The van der Waals surface area contributed by atoms with Gasteiger partial charge in [-0.15, -0.1) is 0 Å². The number of halogens is 1. The van der Waals surface area contributed by atoms with E-state index >= 15 is 0 Å². The Kier molecular flexibility index (Phi) is 4.87. The molecule has 0 rings (SSSR count). The summed E-state index contributed by atoms with van der Waals surface area (Å²) < 4.78 is 11.7.